The fraction of sp³-hybridized carbons (Fsp3) is 1.00. The number of hydrogen-bond acceptors (Lipinski definition) is 3. The summed E-state index contributed by atoms with van der Waals surface area (Å²) in [5.41, 5.74) is 0. The van der Waals surface area contributed by atoms with Crippen LogP contribution in [0.25, 0.3) is 0 Å². The molecule has 1 rings (SSSR count). The van der Waals surface area contributed by atoms with E-state index in [1.165, 1.54) is 0 Å². The van der Waals surface area contributed by atoms with Crippen LogP contribution in [0.2, 0.25) is 0 Å². The molecule has 0 bridgehead atoms. The van der Waals surface area contributed by atoms with Gasteiger partial charge in [-0.2, -0.15) is 13.2 Å². The number of rotatable bonds is 5. The zero-order valence-corrected chi connectivity index (χ0v) is 8.39. The van der Waals surface area contributed by atoms with Crippen LogP contribution in [0.3, 0.4) is 0 Å². The summed E-state index contributed by atoms with van der Waals surface area (Å²) in [4.78, 5) is 8.42. The lowest BCUT2D eigenvalue weighted by molar-refractivity contribution is -0.342. The van der Waals surface area contributed by atoms with E-state index in [2.05, 4.69) is 9.78 Å². The van der Waals surface area contributed by atoms with Crippen LogP contribution in [0.1, 0.15) is 25.7 Å². The van der Waals surface area contributed by atoms with Gasteiger partial charge in [-0.1, -0.05) is 0 Å². The molecule has 1 unspecified atom stereocenters. The van der Waals surface area contributed by atoms with Gasteiger partial charge in [-0.3, -0.25) is 0 Å². The third-order valence-electron chi connectivity index (χ3n) is 2.10. The zero-order valence-electron chi connectivity index (χ0n) is 8.39. The van der Waals surface area contributed by atoms with Gasteiger partial charge in [0, 0.05) is 13.0 Å². The minimum Gasteiger partial charge on any atom is -0.378 e. The highest BCUT2D eigenvalue weighted by atomic mass is 19.4. The predicted molar refractivity (Wildman–Crippen MR) is 46.2 cm³/mol. The molecule has 1 heterocycles. The van der Waals surface area contributed by atoms with Gasteiger partial charge in [0.25, 0.3) is 0 Å². The molecule has 0 N–H and O–H groups in total. The SMILES string of the molecule is FC(F)(F)COOCCC1CCCCO1. The molecule has 0 amide bonds. The maximum absolute atomic E-state index is 11.6. The Morgan fingerprint density at radius 2 is 2.00 bits per heavy atom. The molecule has 1 atom stereocenters. The molecule has 1 aliphatic rings. The molecule has 6 heteroatoms. The van der Waals surface area contributed by atoms with Gasteiger partial charge in [-0.15, -0.1) is 0 Å². The Labute approximate surface area is 86.4 Å². The molecule has 0 aromatic carbocycles. The fourth-order valence-corrected chi connectivity index (χ4v) is 1.38. The first-order chi connectivity index (χ1) is 7.08. The first-order valence-electron chi connectivity index (χ1n) is 5.01. The highest BCUT2D eigenvalue weighted by Gasteiger charge is 2.28. The summed E-state index contributed by atoms with van der Waals surface area (Å²) >= 11 is 0. The second-order valence-electron chi connectivity index (χ2n) is 3.48. The van der Waals surface area contributed by atoms with Crippen molar-refractivity contribution in [1.29, 1.82) is 0 Å². The molecule has 15 heavy (non-hydrogen) atoms. The molecule has 90 valence electrons. The van der Waals surface area contributed by atoms with Crippen molar-refractivity contribution in [2.45, 2.75) is 38.0 Å². The predicted octanol–water partition coefficient (Wildman–Crippen LogP) is 2.46. The summed E-state index contributed by atoms with van der Waals surface area (Å²) in [5.74, 6) is 0. The van der Waals surface area contributed by atoms with Crippen molar-refractivity contribution in [3.8, 4) is 0 Å². The largest absolute Gasteiger partial charge is 0.414 e. The van der Waals surface area contributed by atoms with Crippen LogP contribution < -0.4 is 0 Å². The van der Waals surface area contributed by atoms with Crippen LogP contribution in [-0.2, 0) is 14.5 Å². The summed E-state index contributed by atoms with van der Waals surface area (Å²) in [6, 6.07) is 0. The second kappa shape index (κ2) is 6.30. The molecular weight excluding hydrogens is 213 g/mol. The molecule has 0 spiro atoms. The summed E-state index contributed by atoms with van der Waals surface area (Å²) in [6.07, 6.45) is -0.536. The van der Waals surface area contributed by atoms with E-state index in [4.69, 9.17) is 4.74 Å². The van der Waals surface area contributed by atoms with Gasteiger partial charge < -0.3 is 4.74 Å². The summed E-state index contributed by atoms with van der Waals surface area (Å²) < 4.78 is 40.2. The van der Waals surface area contributed by atoms with Gasteiger partial charge in [-0.25, -0.2) is 9.78 Å². The van der Waals surface area contributed by atoms with Crippen molar-refractivity contribution in [1.82, 2.24) is 0 Å². The Bertz CT molecular complexity index is 166. The quantitative estimate of drug-likeness (QED) is 0.411. The maximum atomic E-state index is 11.6. The van der Waals surface area contributed by atoms with E-state index >= 15 is 0 Å². The summed E-state index contributed by atoms with van der Waals surface area (Å²) in [7, 11) is 0. The molecule has 0 saturated carbocycles. The first kappa shape index (κ1) is 12.7. The third-order valence-corrected chi connectivity index (χ3v) is 2.10. The van der Waals surface area contributed by atoms with Crippen LogP contribution in [0, 0.1) is 0 Å². The van der Waals surface area contributed by atoms with Crippen molar-refractivity contribution < 1.29 is 27.7 Å². The summed E-state index contributed by atoms with van der Waals surface area (Å²) in [5, 5.41) is 0. The highest BCUT2D eigenvalue weighted by Crippen LogP contribution is 2.16. The van der Waals surface area contributed by atoms with E-state index in [0.717, 1.165) is 25.9 Å². The van der Waals surface area contributed by atoms with Gasteiger partial charge in [0.1, 0.15) is 0 Å². The van der Waals surface area contributed by atoms with Gasteiger partial charge in [0.05, 0.1) is 12.7 Å². The van der Waals surface area contributed by atoms with E-state index < -0.39 is 12.8 Å². The summed E-state index contributed by atoms with van der Waals surface area (Å²) in [6.45, 7) is -0.493. The lowest BCUT2D eigenvalue weighted by Gasteiger charge is -2.21. The normalized spacial score (nSPS) is 23.0. The molecule has 3 nitrogen and oxygen atoms in total. The Hall–Kier alpha value is -0.330. The topological polar surface area (TPSA) is 27.7 Å². The zero-order chi connectivity index (χ0) is 11.1. The Kier molecular flexibility index (Phi) is 5.35. The van der Waals surface area contributed by atoms with Gasteiger partial charge in [0.2, 0.25) is 0 Å². The molecule has 1 aliphatic heterocycles. The average molecular weight is 228 g/mol. The third kappa shape index (κ3) is 6.70. The van der Waals surface area contributed by atoms with Crippen molar-refractivity contribution in [2.24, 2.45) is 0 Å². The van der Waals surface area contributed by atoms with Crippen molar-refractivity contribution in [3.05, 3.63) is 0 Å². The van der Waals surface area contributed by atoms with E-state index in [-0.39, 0.29) is 12.7 Å². The van der Waals surface area contributed by atoms with Gasteiger partial charge in [0.15, 0.2) is 6.61 Å². The van der Waals surface area contributed by atoms with E-state index in [9.17, 15) is 13.2 Å². The minimum atomic E-state index is -4.33. The number of alkyl halides is 3. The van der Waals surface area contributed by atoms with E-state index in [0.29, 0.717) is 6.42 Å². The van der Waals surface area contributed by atoms with Crippen LogP contribution in [0.5, 0.6) is 0 Å². The number of ether oxygens (including phenoxy) is 1. The van der Waals surface area contributed by atoms with Crippen molar-refractivity contribution >= 4 is 0 Å². The fourth-order valence-electron chi connectivity index (χ4n) is 1.38. The smallest absolute Gasteiger partial charge is 0.378 e. The monoisotopic (exact) mass is 228 g/mol. The Morgan fingerprint density at radius 3 is 2.60 bits per heavy atom. The Morgan fingerprint density at radius 1 is 1.20 bits per heavy atom. The number of hydrogen-bond donors (Lipinski definition) is 0. The molecule has 0 aromatic heterocycles. The molecular formula is C9H15F3O3. The molecule has 1 fully saturated rings. The van der Waals surface area contributed by atoms with Crippen LogP contribution >= 0.6 is 0 Å². The highest BCUT2D eigenvalue weighted by molar-refractivity contribution is 4.62. The van der Waals surface area contributed by atoms with Crippen molar-refractivity contribution in [2.75, 3.05) is 19.8 Å². The van der Waals surface area contributed by atoms with Gasteiger partial charge >= 0.3 is 6.18 Å². The van der Waals surface area contributed by atoms with E-state index in [1.54, 1.807) is 0 Å². The second-order valence-corrected chi connectivity index (χ2v) is 3.48. The molecule has 0 aromatic rings. The van der Waals surface area contributed by atoms with E-state index in [1.807, 2.05) is 0 Å². The minimum absolute atomic E-state index is 0.105. The molecule has 0 radical (unpaired) electrons. The molecule has 1 saturated heterocycles. The van der Waals surface area contributed by atoms with Crippen molar-refractivity contribution in [3.63, 3.8) is 0 Å². The standard InChI is InChI=1S/C9H15F3O3/c10-9(11,12)7-15-14-6-4-8-3-1-2-5-13-8/h8H,1-7H2. The lowest BCUT2D eigenvalue weighted by atomic mass is 10.1. The van der Waals surface area contributed by atoms with Gasteiger partial charge in [-0.05, 0) is 19.3 Å². The lowest BCUT2D eigenvalue weighted by Crippen LogP contribution is -2.22. The Balaban J connectivity index is 1.92. The van der Waals surface area contributed by atoms with Crippen LogP contribution in [0.4, 0.5) is 13.2 Å². The maximum Gasteiger partial charge on any atom is 0.414 e. The average Bonchev–Trinajstić information content (AvgIpc) is 2.17. The van der Waals surface area contributed by atoms with Crippen LogP contribution in [-0.4, -0.2) is 32.1 Å². The molecule has 0 aliphatic carbocycles. The number of halogens is 3. The first-order valence-corrected chi connectivity index (χ1v) is 5.01. The van der Waals surface area contributed by atoms with Crippen LogP contribution in [0.15, 0.2) is 0 Å².